The fourth-order valence-corrected chi connectivity index (χ4v) is 1.43. The Hall–Kier alpha value is -2.42. The molecule has 0 aliphatic rings. The van der Waals surface area contributed by atoms with Crippen molar-refractivity contribution in [3.63, 3.8) is 0 Å². The molecule has 80 valence electrons. The smallest absolute Gasteiger partial charge is 0.193 e. The Balaban J connectivity index is 2.69. The molecule has 6 nitrogen and oxygen atoms in total. The molecule has 0 aliphatic heterocycles. The van der Waals surface area contributed by atoms with E-state index in [0.717, 1.165) is 5.69 Å². The summed E-state index contributed by atoms with van der Waals surface area (Å²) in [6.45, 7) is 3.63. The highest BCUT2D eigenvalue weighted by Crippen LogP contribution is 2.19. The number of nitrogens with two attached hydrogens (primary N) is 1. The van der Waals surface area contributed by atoms with Gasteiger partial charge in [0, 0.05) is 0 Å². The topological polar surface area (TPSA) is 93.4 Å². The van der Waals surface area contributed by atoms with Crippen LogP contribution in [0.15, 0.2) is 12.3 Å². The Bertz CT molecular complexity index is 577. The summed E-state index contributed by atoms with van der Waals surface area (Å²) in [5.74, 6) is 0.405. The van der Waals surface area contributed by atoms with E-state index in [9.17, 15) is 0 Å². The molecule has 0 radical (unpaired) electrons. The van der Waals surface area contributed by atoms with Crippen LogP contribution in [0.2, 0.25) is 0 Å². The summed E-state index contributed by atoms with van der Waals surface area (Å²) in [7, 11) is 0. The van der Waals surface area contributed by atoms with Gasteiger partial charge in [-0.1, -0.05) is 0 Å². The number of hydrogen-bond acceptors (Lipinski definition) is 5. The van der Waals surface area contributed by atoms with Crippen molar-refractivity contribution in [3.05, 3.63) is 29.2 Å². The van der Waals surface area contributed by atoms with Gasteiger partial charge in [0.1, 0.15) is 11.6 Å². The fraction of sp³-hybridized carbons (Fsp3) is 0.200. The second-order valence-corrected chi connectivity index (χ2v) is 3.38. The summed E-state index contributed by atoms with van der Waals surface area (Å²) in [5.41, 5.74) is 8.31. The van der Waals surface area contributed by atoms with Gasteiger partial charge in [0.25, 0.3) is 0 Å². The average Bonchev–Trinajstić information content (AvgIpc) is 2.57. The molecule has 0 bridgehead atoms. The van der Waals surface area contributed by atoms with Crippen LogP contribution in [0.4, 0.5) is 5.69 Å². The van der Waals surface area contributed by atoms with Gasteiger partial charge in [0.05, 0.1) is 23.3 Å². The first kappa shape index (κ1) is 10.1. The Kier molecular flexibility index (Phi) is 2.29. The lowest BCUT2D eigenvalue weighted by molar-refractivity contribution is 0.778. The molecule has 0 aliphatic carbocycles. The summed E-state index contributed by atoms with van der Waals surface area (Å²) < 4.78 is 1.54. The molecule has 0 unspecified atom stereocenters. The number of nitriles is 1. The minimum Gasteiger partial charge on any atom is -0.396 e. The van der Waals surface area contributed by atoms with Crippen molar-refractivity contribution in [3.8, 4) is 11.9 Å². The molecule has 0 saturated heterocycles. The maximum absolute atomic E-state index is 8.96. The van der Waals surface area contributed by atoms with Crippen LogP contribution in [0.1, 0.15) is 17.0 Å². The lowest BCUT2D eigenvalue weighted by Crippen LogP contribution is -2.06. The maximum Gasteiger partial charge on any atom is 0.193 e. The first-order chi connectivity index (χ1) is 7.65. The van der Waals surface area contributed by atoms with Crippen molar-refractivity contribution < 1.29 is 0 Å². The van der Waals surface area contributed by atoms with Gasteiger partial charge in [-0.25, -0.2) is 4.68 Å². The standard InChI is InChI=1S/C10H10N6/c1-6-9(12)7(2)16(15-6)10-8(5-11)3-4-13-14-10/h3-4H,12H2,1-2H3. The summed E-state index contributed by atoms with van der Waals surface area (Å²) in [5, 5.41) is 20.8. The van der Waals surface area contributed by atoms with Crippen LogP contribution in [0.3, 0.4) is 0 Å². The van der Waals surface area contributed by atoms with Gasteiger partial charge >= 0.3 is 0 Å². The first-order valence-electron chi connectivity index (χ1n) is 4.69. The Labute approximate surface area is 92.3 Å². The van der Waals surface area contributed by atoms with Gasteiger partial charge in [-0.15, -0.1) is 5.10 Å². The Morgan fingerprint density at radius 3 is 2.75 bits per heavy atom. The van der Waals surface area contributed by atoms with Crippen LogP contribution in [-0.4, -0.2) is 20.0 Å². The highest BCUT2D eigenvalue weighted by Gasteiger charge is 2.14. The normalized spacial score (nSPS) is 10.1. The van der Waals surface area contributed by atoms with Crippen molar-refractivity contribution >= 4 is 5.69 Å². The van der Waals surface area contributed by atoms with E-state index in [4.69, 9.17) is 11.0 Å². The lowest BCUT2D eigenvalue weighted by Gasteiger charge is -2.03. The van der Waals surface area contributed by atoms with Gasteiger partial charge < -0.3 is 5.73 Å². The zero-order chi connectivity index (χ0) is 11.7. The third-order valence-corrected chi connectivity index (χ3v) is 2.37. The van der Waals surface area contributed by atoms with Gasteiger partial charge in [-0.2, -0.15) is 15.5 Å². The van der Waals surface area contributed by atoms with Crippen LogP contribution in [0.25, 0.3) is 5.82 Å². The molecule has 2 aromatic rings. The van der Waals surface area contributed by atoms with E-state index in [1.165, 1.54) is 10.9 Å². The van der Waals surface area contributed by atoms with Crippen molar-refractivity contribution in [1.29, 1.82) is 5.26 Å². The first-order valence-corrected chi connectivity index (χ1v) is 4.69. The number of aromatic nitrogens is 4. The second kappa shape index (κ2) is 3.62. The molecule has 0 aromatic carbocycles. The predicted molar refractivity (Wildman–Crippen MR) is 57.8 cm³/mol. The van der Waals surface area contributed by atoms with Crippen LogP contribution < -0.4 is 5.73 Å². The molecule has 0 amide bonds. The fourth-order valence-electron chi connectivity index (χ4n) is 1.43. The molecule has 2 heterocycles. The SMILES string of the molecule is Cc1nn(-c2nnccc2C#N)c(C)c1N. The van der Waals surface area contributed by atoms with Crippen molar-refractivity contribution in [1.82, 2.24) is 20.0 Å². The molecule has 0 fully saturated rings. The van der Waals surface area contributed by atoms with Crippen molar-refractivity contribution in [2.75, 3.05) is 5.73 Å². The Morgan fingerprint density at radius 1 is 1.44 bits per heavy atom. The van der Waals surface area contributed by atoms with Crippen molar-refractivity contribution in [2.45, 2.75) is 13.8 Å². The molecule has 0 saturated carbocycles. The van der Waals surface area contributed by atoms with Gasteiger partial charge in [-0.3, -0.25) is 0 Å². The van der Waals surface area contributed by atoms with E-state index in [-0.39, 0.29) is 0 Å². The third-order valence-electron chi connectivity index (χ3n) is 2.37. The molecule has 0 spiro atoms. The van der Waals surface area contributed by atoms with E-state index in [1.807, 2.05) is 13.0 Å². The number of rotatable bonds is 1. The second-order valence-electron chi connectivity index (χ2n) is 3.38. The van der Waals surface area contributed by atoms with Gasteiger partial charge in [0.2, 0.25) is 0 Å². The Morgan fingerprint density at radius 2 is 2.19 bits per heavy atom. The molecule has 0 atom stereocenters. The quantitative estimate of drug-likeness (QED) is 0.755. The predicted octanol–water partition coefficient (Wildman–Crippen LogP) is 0.733. The zero-order valence-corrected chi connectivity index (χ0v) is 8.97. The monoisotopic (exact) mass is 214 g/mol. The van der Waals surface area contributed by atoms with E-state index in [2.05, 4.69) is 15.3 Å². The molecular weight excluding hydrogens is 204 g/mol. The third kappa shape index (κ3) is 1.39. The molecule has 2 N–H and O–H groups in total. The van der Waals surface area contributed by atoms with Crippen LogP contribution in [0, 0.1) is 25.2 Å². The van der Waals surface area contributed by atoms with Crippen LogP contribution in [-0.2, 0) is 0 Å². The van der Waals surface area contributed by atoms with Crippen LogP contribution in [0.5, 0.6) is 0 Å². The summed E-state index contributed by atoms with van der Waals surface area (Å²) in [6.07, 6.45) is 1.47. The van der Waals surface area contributed by atoms with Crippen LogP contribution >= 0.6 is 0 Å². The van der Waals surface area contributed by atoms with Crippen molar-refractivity contribution in [2.24, 2.45) is 0 Å². The molecule has 6 heteroatoms. The van der Waals surface area contributed by atoms with E-state index < -0.39 is 0 Å². The molecule has 2 aromatic heterocycles. The minimum atomic E-state index is 0.405. The summed E-state index contributed by atoms with van der Waals surface area (Å²) in [6, 6.07) is 3.64. The number of nitrogens with zero attached hydrogens (tertiary/aromatic N) is 5. The molecule has 2 rings (SSSR count). The number of aryl methyl sites for hydroxylation is 1. The van der Waals surface area contributed by atoms with Gasteiger partial charge in [-0.05, 0) is 19.9 Å². The molecule has 16 heavy (non-hydrogen) atoms. The van der Waals surface area contributed by atoms with Gasteiger partial charge in [0.15, 0.2) is 5.82 Å². The highest BCUT2D eigenvalue weighted by atomic mass is 15.4. The van der Waals surface area contributed by atoms with E-state index >= 15 is 0 Å². The minimum absolute atomic E-state index is 0.405. The van der Waals surface area contributed by atoms with E-state index in [1.54, 1.807) is 13.0 Å². The van der Waals surface area contributed by atoms with E-state index in [0.29, 0.717) is 22.8 Å². The molecular formula is C10H10N6. The lowest BCUT2D eigenvalue weighted by atomic mass is 10.3. The average molecular weight is 214 g/mol. The summed E-state index contributed by atoms with van der Waals surface area (Å²) >= 11 is 0. The summed E-state index contributed by atoms with van der Waals surface area (Å²) in [4.78, 5) is 0. The highest BCUT2D eigenvalue weighted by molar-refractivity contribution is 5.52. The maximum atomic E-state index is 8.96. The number of anilines is 1. The number of hydrogen-bond donors (Lipinski definition) is 1. The number of nitrogen functional groups attached to an aromatic ring is 1. The largest absolute Gasteiger partial charge is 0.396 e. The zero-order valence-electron chi connectivity index (χ0n) is 8.97.